The Balaban J connectivity index is 3.25. The van der Waals surface area contributed by atoms with E-state index in [2.05, 4.69) is 18.8 Å². The van der Waals surface area contributed by atoms with Gasteiger partial charge in [-0.25, -0.2) is 0 Å². The lowest BCUT2D eigenvalue weighted by Crippen LogP contribution is -1.87. The van der Waals surface area contributed by atoms with Gasteiger partial charge >= 0.3 is 0 Å². The first-order valence-corrected chi connectivity index (χ1v) is 3.10. The predicted octanol–water partition coefficient (Wildman–Crippen LogP) is 2.01. The molecule has 0 unspecified atom stereocenters. The van der Waals surface area contributed by atoms with Gasteiger partial charge in [-0.1, -0.05) is 0 Å². The van der Waals surface area contributed by atoms with Crippen molar-refractivity contribution in [2.45, 2.75) is 20.8 Å². The highest BCUT2D eigenvalue weighted by atomic mass is 14.7. The molecule has 1 nitrogen and oxygen atoms in total. The van der Waals surface area contributed by atoms with Gasteiger partial charge in [0.2, 0.25) is 0 Å². The Bertz CT molecular complexity index is 196. The molecule has 0 radical (unpaired) electrons. The Labute approximate surface area is 55.7 Å². The molecule has 9 heavy (non-hydrogen) atoms. The zero-order chi connectivity index (χ0) is 6.85. The highest BCUT2D eigenvalue weighted by Crippen LogP contribution is 2.06. The Morgan fingerprint density at radius 1 is 1.22 bits per heavy atom. The summed E-state index contributed by atoms with van der Waals surface area (Å²) < 4.78 is 0. The van der Waals surface area contributed by atoms with Crippen LogP contribution in [0.3, 0.4) is 0 Å². The molecule has 0 aliphatic carbocycles. The van der Waals surface area contributed by atoms with E-state index < -0.39 is 0 Å². The normalized spacial score (nSPS) is 9.67. The summed E-state index contributed by atoms with van der Waals surface area (Å²) in [6, 6.07) is 2.03. The largest absolute Gasteiger partial charge is 0.261 e. The van der Waals surface area contributed by atoms with E-state index in [4.69, 9.17) is 0 Å². The highest BCUT2D eigenvalue weighted by Gasteiger charge is 1.93. The minimum absolute atomic E-state index is 1.13. The van der Waals surface area contributed by atoms with Gasteiger partial charge in [-0.05, 0) is 38.0 Å². The van der Waals surface area contributed by atoms with E-state index in [9.17, 15) is 0 Å². The van der Waals surface area contributed by atoms with E-state index in [-0.39, 0.29) is 0 Å². The van der Waals surface area contributed by atoms with Gasteiger partial charge in [0, 0.05) is 11.9 Å². The molecule has 1 aromatic heterocycles. The van der Waals surface area contributed by atoms with Crippen molar-refractivity contribution in [3.05, 3.63) is 29.1 Å². The molecule has 0 aromatic carbocycles. The maximum absolute atomic E-state index is 4.14. The van der Waals surface area contributed by atoms with Crippen molar-refractivity contribution in [2.75, 3.05) is 0 Å². The molecule has 0 saturated heterocycles. The fraction of sp³-hybridized carbons (Fsp3) is 0.375. The van der Waals surface area contributed by atoms with Crippen LogP contribution in [0.4, 0.5) is 0 Å². The van der Waals surface area contributed by atoms with Crippen molar-refractivity contribution in [3.8, 4) is 0 Å². The van der Waals surface area contributed by atoms with Crippen LogP contribution in [0.5, 0.6) is 0 Å². The van der Waals surface area contributed by atoms with Gasteiger partial charge < -0.3 is 0 Å². The summed E-state index contributed by atoms with van der Waals surface area (Å²) in [5, 5.41) is 0. The summed E-state index contributed by atoms with van der Waals surface area (Å²) in [7, 11) is 0. The molecular formula is C8H11N. The molecule has 0 aliphatic heterocycles. The van der Waals surface area contributed by atoms with Crippen LogP contribution in [0.25, 0.3) is 0 Å². The molecule has 0 aliphatic rings. The summed E-state index contributed by atoms with van der Waals surface area (Å²) in [4.78, 5) is 4.14. The second-order valence-corrected chi connectivity index (χ2v) is 2.34. The molecule has 0 bridgehead atoms. The lowest BCUT2D eigenvalue weighted by atomic mass is 10.1. The topological polar surface area (TPSA) is 12.9 Å². The van der Waals surface area contributed by atoms with Gasteiger partial charge in [-0.3, -0.25) is 4.98 Å². The maximum Gasteiger partial charge on any atom is 0.0404 e. The molecule has 0 amide bonds. The smallest absolute Gasteiger partial charge is 0.0404 e. The second kappa shape index (κ2) is 2.18. The predicted molar refractivity (Wildman–Crippen MR) is 38.4 cm³/mol. The summed E-state index contributed by atoms with van der Waals surface area (Å²) in [6.07, 6.45) is 1.84. The van der Waals surface area contributed by atoms with Gasteiger partial charge in [0.05, 0.1) is 0 Å². The molecule has 1 heteroatoms. The molecule has 0 spiro atoms. The zero-order valence-corrected chi connectivity index (χ0v) is 6.10. The van der Waals surface area contributed by atoms with Crippen molar-refractivity contribution in [3.63, 3.8) is 0 Å². The summed E-state index contributed by atoms with van der Waals surface area (Å²) in [6.45, 7) is 6.23. The molecule has 0 atom stereocenters. The average molecular weight is 121 g/mol. The Morgan fingerprint density at radius 2 is 1.89 bits per heavy atom. The van der Waals surface area contributed by atoms with Crippen molar-refractivity contribution in [1.29, 1.82) is 0 Å². The minimum atomic E-state index is 1.13. The lowest BCUT2D eigenvalue weighted by molar-refractivity contribution is 1.12. The van der Waals surface area contributed by atoms with E-state index in [0.29, 0.717) is 0 Å². The first-order chi connectivity index (χ1) is 4.22. The minimum Gasteiger partial charge on any atom is -0.261 e. The van der Waals surface area contributed by atoms with Gasteiger partial charge in [-0.2, -0.15) is 0 Å². The maximum atomic E-state index is 4.14. The van der Waals surface area contributed by atoms with E-state index in [1.807, 2.05) is 19.2 Å². The van der Waals surface area contributed by atoms with E-state index in [1.54, 1.807) is 0 Å². The third kappa shape index (κ3) is 1.10. The summed E-state index contributed by atoms with van der Waals surface area (Å²) >= 11 is 0. The van der Waals surface area contributed by atoms with E-state index in [0.717, 1.165) is 5.69 Å². The standard InChI is InChI=1S/C8H11N/c1-6-4-5-9-8(3)7(6)2/h4-5H,1-3H3. The van der Waals surface area contributed by atoms with Crippen molar-refractivity contribution in [1.82, 2.24) is 4.98 Å². The number of pyridine rings is 1. The Hall–Kier alpha value is -0.850. The van der Waals surface area contributed by atoms with Gasteiger partial charge in [0.15, 0.2) is 0 Å². The van der Waals surface area contributed by atoms with Crippen LogP contribution in [0.2, 0.25) is 0 Å². The molecule has 0 N–H and O–H groups in total. The third-order valence-corrected chi connectivity index (χ3v) is 1.73. The quantitative estimate of drug-likeness (QED) is 0.511. The number of aromatic nitrogens is 1. The van der Waals surface area contributed by atoms with Gasteiger partial charge in [0.25, 0.3) is 0 Å². The van der Waals surface area contributed by atoms with Crippen molar-refractivity contribution in [2.24, 2.45) is 0 Å². The Morgan fingerprint density at radius 3 is 2.33 bits per heavy atom. The highest BCUT2D eigenvalue weighted by molar-refractivity contribution is 5.25. The van der Waals surface area contributed by atoms with Gasteiger partial charge in [0.1, 0.15) is 0 Å². The van der Waals surface area contributed by atoms with Crippen LogP contribution < -0.4 is 0 Å². The third-order valence-electron chi connectivity index (χ3n) is 1.73. The van der Waals surface area contributed by atoms with E-state index in [1.165, 1.54) is 11.1 Å². The van der Waals surface area contributed by atoms with Crippen molar-refractivity contribution < 1.29 is 0 Å². The van der Waals surface area contributed by atoms with Crippen LogP contribution in [-0.4, -0.2) is 4.98 Å². The number of hydrogen-bond donors (Lipinski definition) is 0. The first-order valence-electron chi connectivity index (χ1n) is 3.10. The fourth-order valence-electron chi connectivity index (χ4n) is 0.768. The number of aryl methyl sites for hydroxylation is 2. The second-order valence-electron chi connectivity index (χ2n) is 2.34. The Kier molecular flexibility index (Phi) is 1.52. The number of hydrogen-bond acceptors (Lipinski definition) is 1. The van der Waals surface area contributed by atoms with Crippen LogP contribution in [0.15, 0.2) is 12.3 Å². The lowest BCUT2D eigenvalue weighted by Gasteiger charge is -1.99. The molecule has 1 rings (SSSR count). The molecular weight excluding hydrogens is 110 g/mol. The molecule has 1 heterocycles. The van der Waals surface area contributed by atoms with Gasteiger partial charge in [-0.15, -0.1) is 0 Å². The molecule has 1 aromatic rings. The fourth-order valence-corrected chi connectivity index (χ4v) is 0.768. The number of nitrogens with zero attached hydrogens (tertiary/aromatic N) is 1. The van der Waals surface area contributed by atoms with Crippen LogP contribution in [0, 0.1) is 20.8 Å². The molecule has 48 valence electrons. The van der Waals surface area contributed by atoms with Crippen LogP contribution in [0.1, 0.15) is 16.8 Å². The summed E-state index contributed by atoms with van der Waals surface area (Å²) in [5.41, 5.74) is 3.76. The molecule has 0 saturated carbocycles. The monoisotopic (exact) mass is 121 g/mol. The average Bonchev–Trinajstić information content (AvgIpc) is 1.83. The summed E-state index contributed by atoms with van der Waals surface area (Å²) in [5.74, 6) is 0. The van der Waals surface area contributed by atoms with Crippen molar-refractivity contribution >= 4 is 0 Å². The van der Waals surface area contributed by atoms with Crippen LogP contribution >= 0.6 is 0 Å². The first kappa shape index (κ1) is 6.27. The van der Waals surface area contributed by atoms with E-state index >= 15 is 0 Å². The van der Waals surface area contributed by atoms with Crippen LogP contribution in [-0.2, 0) is 0 Å². The SMILES string of the molecule is Cc1ccnc(C)c1C. The number of rotatable bonds is 0. The molecule has 0 fully saturated rings. The zero-order valence-electron chi connectivity index (χ0n) is 6.10.